The fourth-order valence-electron chi connectivity index (χ4n) is 1.70. The number of benzene rings is 1. The van der Waals surface area contributed by atoms with E-state index in [-0.39, 0.29) is 12.6 Å². The number of rotatable bonds is 1. The molecule has 2 rings (SSSR count). The first-order valence-corrected chi connectivity index (χ1v) is 4.54. The van der Waals surface area contributed by atoms with E-state index in [4.69, 9.17) is 10.8 Å². The first-order valence-electron chi connectivity index (χ1n) is 4.54. The highest BCUT2D eigenvalue weighted by Gasteiger charge is 2.15. The van der Waals surface area contributed by atoms with Gasteiger partial charge in [-0.2, -0.15) is 0 Å². The summed E-state index contributed by atoms with van der Waals surface area (Å²) in [5.74, 6) is 0. The van der Waals surface area contributed by atoms with Gasteiger partial charge < -0.3 is 16.2 Å². The Hall–Kier alpha value is -1.06. The van der Waals surface area contributed by atoms with Gasteiger partial charge in [-0.1, -0.05) is 12.1 Å². The smallest absolute Gasteiger partial charge is 0.0682 e. The molecular formula is C10H14N2O. The van der Waals surface area contributed by atoms with Crippen molar-refractivity contribution < 1.29 is 5.11 Å². The number of nitrogens with two attached hydrogens (primary N) is 1. The first-order chi connectivity index (χ1) is 6.31. The van der Waals surface area contributed by atoms with Crippen LogP contribution in [0.2, 0.25) is 0 Å². The van der Waals surface area contributed by atoms with Crippen molar-refractivity contribution in [3.63, 3.8) is 0 Å². The Morgan fingerprint density at radius 3 is 3.15 bits per heavy atom. The van der Waals surface area contributed by atoms with E-state index in [9.17, 15) is 0 Å². The first kappa shape index (κ1) is 8.53. The minimum Gasteiger partial charge on any atom is -0.392 e. The predicted molar refractivity (Wildman–Crippen MR) is 52.4 cm³/mol. The lowest BCUT2D eigenvalue weighted by Gasteiger charge is -2.24. The Labute approximate surface area is 77.6 Å². The van der Waals surface area contributed by atoms with Crippen LogP contribution in [0.25, 0.3) is 0 Å². The van der Waals surface area contributed by atoms with Crippen molar-refractivity contribution in [2.45, 2.75) is 19.1 Å². The van der Waals surface area contributed by atoms with Crippen molar-refractivity contribution in [2.75, 3.05) is 11.9 Å². The summed E-state index contributed by atoms with van der Waals surface area (Å²) >= 11 is 0. The lowest BCUT2D eigenvalue weighted by Crippen LogP contribution is -2.22. The minimum atomic E-state index is 0.0875. The number of hydrogen-bond acceptors (Lipinski definition) is 3. The molecule has 0 fully saturated rings. The van der Waals surface area contributed by atoms with Gasteiger partial charge in [0.15, 0.2) is 0 Å². The lowest BCUT2D eigenvalue weighted by atomic mass is 9.97. The van der Waals surface area contributed by atoms with Crippen LogP contribution in [-0.4, -0.2) is 11.7 Å². The molecule has 1 aromatic carbocycles. The predicted octanol–water partition coefficient (Wildman–Crippen LogP) is 0.994. The molecular weight excluding hydrogens is 164 g/mol. The zero-order valence-electron chi connectivity index (χ0n) is 7.46. The summed E-state index contributed by atoms with van der Waals surface area (Å²) < 4.78 is 0. The van der Waals surface area contributed by atoms with E-state index in [1.807, 2.05) is 18.2 Å². The van der Waals surface area contributed by atoms with E-state index in [2.05, 4.69) is 5.32 Å². The van der Waals surface area contributed by atoms with Crippen LogP contribution >= 0.6 is 0 Å². The number of hydrogen-bond donors (Lipinski definition) is 3. The van der Waals surface area contributed by atoms with Gasteiger partial charge in [0.05, 0.1) is 6.61 Å². The van der Waals surface area contributed by atoms with E-state index in [1.165, 1.54) is 0 Å². The molecule has 1 unspecified atom stereocenters. The van der Waals surface area contributed by atoms with Crippen LogP contribution < -0.4 is 11.1 Å². The Morgan fingerprint density at radius 2 is 2.38 bits per heavy atom. The van der Waals surface area contributed by atoms with Crippen LogP contribution in [0.1, 0.15) is 23.6 Å². The molecule has 0 aromatic heterocycles. The Morgan fingerprint density at radius 1 is 1.54 bits per heavy atom. The molecule has 13 heavy (non-hydrogen) atoms. The zero-order valence-corrected chi connectivity index (χ0v) is 7.46. The largest absolute Gasteiger partial charge is 0.392 e. The second-order valence-electron chi connectivity index (χ2n) is 3.40. The van der Waals surface area contributed by atoms with Crippen molar-refractivity contribution in [1.82, 2.24) is 0 Å². The van der Waals surface area contributed by atoms with Crippen molar-refractivity contribution in [3.8, 4) is 0 Å². The van der Waals surface area contributed by atoms with Gasteiger partial charge in [-0.25, -0.2) is 0 Å². The highest BCUT2D eigenvalue weighted by Crippen LogP contribution is 2.28. The molecule has 3 heteroatoms. The summed E-state index contributed by atoms with van der Waals surface area (Å²) in [7, 11) is 0. The summed E-state index contributed by atoms with van der Waals surface area (Å²) in [5, 5.41) is 12.2. The summed E-state index contributed by atoms with van der Waals surface area (Å²) in [6.45, 7) is 1.01. The van der Waals surface area contributed by atoms with Crippen LogP contribution in [-0.2, 0) is 6.61 Å². The van der Waals surface area contributed by atoms with Gasteiger partial charge in [0.1, 0.15) is 0 Å². The molecule has 70 valence electrons. The molecule has 1 atom stereocenters. The zero-order chi connectivity index (χ0) is 9.26. The molecule has 1 heterocycles. The third-order valence-corrected chi connectivity index (χ3v) is 2.47. The summed E-state index contributed by atoms with van der Waals surface area (Å²) in [5.41, 5.74) is 9.10. The van der Waals surface area contributed by atoms with Crippen LogP contribution in [0.5, 0.6) is 0 Å². The number of fused-ring (bicyclic) bond motifs is 1. The maximum Gasteiger partial charge on any atom is 0.0682 e. The highest BCUT2D eigenvalue weighted by atomic mass is 16.3. The van der Waals surface area contributed by atoms with E-state index < -0.39 is 0 Å². The van der Waals surface area contributed by atoms with Gasteiger partial charge in [0, 0.05) is 18.3 Å². The molecule has 0 aliphatic carbocycles. The number of aliphatic hydroxyl groups is 1. The standard InChI is InChI=1S/C10H14N2O/c11-9-3-4-12-10-5-7(6-13)1-2-8(9)10/h1-2,5,9,12-13H,3-4,6,11H2. The van der Waals surface area contributed by atoms with Crippen molar-refractivity contribution in [2.24, 2.45) is 5.73 Å². The molecule has 1 aliphatic heterocycles. The van der Waals surface area contributed by atoms with Crippen LogP contribution in [0.4, 0.5) is 5.69 Å². The summed E-state index contributed by atoms with van der Waals surface area (Å²) in [6, 6.07) is 6.03. The maximum atomic E-state index is 8.95. The Bertz CT molecular complexity index is 312. The minimum absolute atomic E-state index is 0.0875. The van der Waals surface area contributed by atoms with E-state index in [1.54, 1.807) is 0 Å². The molecule has 0 spiro atoms. The number of anilines is 1. The molecule has 0 amide bonds. The average molecular weight is 178 g/mol. The highest BCUT2D eigenvalue weighted by molar-refractivity contribution is 5.56. The van der Waals surface area contributed by atoms with Crippen LogP contribution in [0.3, 0.4) is 0 Å². The molecule has 0 saturated heterocycles. The van der Waals surface area contributed by atoms with Gasteiger partial charge in [-0.3, -0.25) is 0 Å². The maximum absolute atomic E-state index is 8.95. The van der Waals surface area contributed by atoms with Gasteiger partial charge in [0.2, 0.25) is 0 Å². The second-order valence-corrected chi connectivity index (χ2v) is 3.40. The second kappa shape index (κ2) is 3.36. The topological polar surface area (TPSA) is 58.3 Å². The normalized spacial score (nSPS) is 20.6. The van der Waals surface area contributed by atoms with Crippen molar-refractivity contribution >= 4 is 5.69 Å². The molecule has 1 aliphatic rings. The van der Waals surface area contributed by atoms with Gasteiger partial charge in [0.25, 0.3) is 0 Å². The molecule has 0 bridgehead atoms. The molecule has 3 nitrogen and oxygen atoms in total. The van der Waals surface area contributed by atoms with E-state index in [0.717, 1.165) is 29.8 Å². The van der Waals surface area contributed by atoms with Crippen molar-refractivity contribution in [3.05, 3.63) is 29.3 Å². The summed E-state index contributed by atoms with van der Waals surface area (Å²) in [4.78, 5) is 0. The quantitative estimate of drug-likeness (QED) is 0.601. The van der Waals surface area contributed by atoms with Gasteiger partial charge in [-0.05, 0) is 23.6 Å². The average Bonchev–Trinajstić information content (AvgIpc) is 2.18. The molecule has 1 aromatic rings. The van der Waals surface area contributed by atoms with Gasteiger partial charge in [-0.15, -0.1) is 0 Å². The van der Waals surface area contributed by atoms with E-state index >= 15 is 0 Å². The molecule has 0 radical (unpaired) electrons. The fraction of sp³-hybridized carbons (Fsp3) is 0.400. The summed E-state index contributed by atoms with van der Waals surface area (Å²) in [6.07, 6.45) is 0.978. The molecule has 0 saturated carbocycles. The van der Waals surface area contributed by atoms with Crippen LogP contribution in [0, 0.1) is 0 Å². The molecule has 4 N–H and O–H groups in total. The fourth-order valence-corrected chi connectivity index (χ4v) is 1.70. The number of nitrogens with one attached hydrogen (secondary N) is 1. The monoisotopic (exact) mass is 178 g/mol. The SMILES string of the molecule is NC1CCNc2cc(CO)ccc21. The van der Waals surface area contributed by atoms with Gasteiger partial charge >= 0.3 is 0 Å². The van der Waals surface area contributed by atoms with E-state index in [0.29, 0.717) is 0 Å². The third kappa shape index (κ3) is 1.53. The lowest BCUT2D eigenvalue weighted by molar-refractivity contribution is 0.282. The Balaban J connectivity index is 2.39. The Kier molecular flexibility index (Phi) is 2.20. The third-order valence-electron chi connectivity index (χ3n) is 2.47. The number of aliphatic hydroxyl groups excluding tert-OH is 1. The van der Waals surface area contributed by atoms with Crippen LogP contribution in [0.15, 0.2) is 18.2 Å². The van der Waals surface area contributed by atoms with Crippen molar-refractivity contribution in [1.29, 1.82) is 0 Å².